The van der Waals surface area contributed by atoms with Gasteiger partial charge in [0, 0.05) is 19.3 Å². The highest BCUT2D eigenvalue weighted by Gasteiger charge is 2.19. The molecule has 426 valence electrons. The summed E-state index contributed by atoms with van der Waals surface area (Å²) in [7, 11) is 0. The molecule has 0 aliphatic carbocycles. The predicted octanol–water partition coefficient (Wildman–Crippen LogP) is 21.2. The fraction of sp³-hybridized carbons (Fsp3) is 0.667. The lowest BCUT2D eigenvalue weighted by Gasteiger charge is -2.18. The van der Waals surface area contributed by atoms with Crippen molar-refractivity contribution in [1.29, 1.82) is 0 Å². The van der Waals surface area contributed by atoms with Gasteiger partial charge in [-0.15, -0.1) is 0 Å². The molecule has 0 aliphatic heterocycles. The van der Waals surface area contributed by atoms with Crippen LogP contribution in [0.4, 0.5) is 0 Å². The lowest BCUT2D eigenvalue weighted by atomic mass is 10.0. The van der Waals surface area contributed by atoms with Crippen LogP contribution in [-0.4, -0.2) is 37.2 Å². The van der Waals surface area contributed by atoms with Crippen LogP contribution in [0.5, 0.6) is 0 Å². The van der Waals surface area contributed by atoms with Gasteiger partial charge in [0.05, 0.1) is 0 Å². The molecule has 0 N–H and O–H groups in total. The van der Waals surface area contributed by atoms with Crippen LogP contribution in [0.25, 0.3) is 0 Å². The van der Waals surface area contributed by atoms with E-state index in [9.17, 15) is 14.4 Å². The first kappa shape index (κ1) is 70.8. The first-order valence-corrected chi connectivity index (χ1v) is 31.0. The van der Waals surface area contributed by atoms with Crippen molar-refractivity contribution in [3.8, 4) is 0 Å². The lowest BCUT2D eigenvalue weighted by molar-refractivity contribution is -0.167. The zero-order chi connectivity index (χ0) is 54.3. The minimum atomic E-state index is -0.807. The Morgan fingerprint density at radius 3 is 0.813 bits per heavy atom. The number of esters is 3. The standard InChI is InChI=1S/C69H114O6/c1-4-7-10-13-16-19-22-25-27-29-31-32-33-34-35-36-38-39-41-44-47-50-53-56-59-62-68(71)74-65-66(64-73-67(70)61-58-55-52-49-46-43-24-21-18-15-12-9-6-3)75-69(72)63-60-57-54-51-48-45-42-40-37-30-28-26-23-20-17-14-11-8-5-2/h7,9-10,12,16,18-19,21,25,27,31-32,34-35,38-39,43-44,46-47,66H,4-6,8,11,13-15,17,20,22-24,26,28-30,33,36-37,40-42,45,48-65H2,1-3H3/b10-7-,12-9-,19-16-,21-18-,27-25-,32-31-,35-34-,39-38-,46-43-,47-44-. The second-order valence-electron chi connectivity index (χ2n) is 20.2. The summed E-state index contributed by atoms with van der Waals surface area (Å²) >= 11 is 0. The second-order valence-corrected chi connectivity index (χ2v) is 20.2. The maximum atomic E-state index is 12.9. The fourth-order valence-electron chi connectivity index (χ4n) is 8.38. The molecule has 0 aromatic carbocycles. The number of ether oxygens (including phenoxy) is 3. The number of hydrogen-bond acceptors (Lipinski definition) is 6. The summed E-state index contributed by atoms with van der Waals surface area (Å²) in [5.74, 6) is -0.959. The Morgan fingerprint density at radius 2 is 0.520 bits per heavy atom. The third-order valence-corrected chi connectivity index (χ3v) is 13.0. The molecule has 0 spiro atoms. The van der Waals surface area contributed by atoms with Crippen molar-refractivity contribution in [3.05, 3.63) is 122 Å². The van der Waals surface area contributed by atoms with Gasteiger partial charge in [0.15, 0.2) is 6.10 Å². The second kappa shape index (κ2) is 62.4. The maximum Gasteiger partial charge on any atom is 0.306 e. The molecule has 75 heavy (non-hydrogen) atoms. The Labute approximate surface area is 462 Å². The normalized spacial score (nSPS) is 12.9. The smallest absolute Gasteiger partial charge is 0.306 e. The molecule has 0 fully saturated rings. The van der Waals surface area contributed by atoms with E-state index in [1.54, 1.807) is 0 Å². The minimum Gasteiger partial charge on any atom is -0.462 e. The molecule has 1 unspecified atom stereocenters. The number of carbonyl (C=O) groups is 3. The molecule has 6 heteroatoms. The van der Waals surface area contributed by atoms with Gasteiger partial charge in [-0.05, 0) is 109 Å². The van der Waals surface area contributed by atoms with Gasteiger partial charge in [0.2, 0.25) is 0 Å². The lowest BCUT2D eigenvalue weighted by Crippen LogP contribution is -2.30. The number of allylic oxidation sites excluding steroid dienone is 20. The van der Waals surface area contributed by atoms with Gasteiger partial charge in [0.25, 0.3) is 0 Å². The molecule has 0 saturated carbocycles. The molecule has 0 aromatic heterocycles. The van der Waals surface area contributed by atoms with Crippen LogP contribution < -0.4 is 0 Å². The summed E-state index contributed by atoms with van der Waals surface area (Å²) in [6.45, 7) is 6.37. The Morgan fingerprint density at radius 1 is 0.280 bits per heavy atom. The quantitative estimate of drug-likeness (QED) is 0.0261. The van der Waals surface area contributed by atoms with Crippen molar-refractivity contribution in [2.24, 2.45) is 0 Å². The number of unbranched alkanes of at least 4 members (excludes halogenated alkanes) is 24. The largest absolute Gasteiger partial charge is 0.462 e. The SMILES string of the molecule is CC/C=C\C/C=C\C/C=C\C/C=C\C/C=C\C/C=C\C/C=C\CCCCCC(=O)OCC(COC(=O)CCCCC/C=C\C/C=C\C/C=C\CC)OC(=O)CCCCCCCCCCCCCCCCCCCCC. The highest BCUT2D eigenvalue weighted by atomic mass is 16.6. The van der Waals surface area contributed by atoms with E-state index in [2.05, 4.69) is 142 Å². The van der Waals surface area contributed by atoms with E-state index in [0.29, 0.717) is 19.3 Å². The highest BCUT2D eigenvalue weighted by molar-refractivity contribution is 5.71. The van der Waals surface area contributed by atoms with Gasteiger partial charge in [-0.3, -0.25) is 14.4 Å². The molecule has 0 aliphatic rings. The van der Waals surface area contributed by atoms with Crippen molar-refractivity contribution in [1.82, 2.24) is 0 Å². The zero-order valence-corrected chi connectivity index (χ0v) is 48.8. The molecule has 0 bridgehead atoms. The van der Waals surface area contributed by atoms with Crippen LogP contribution in [0.2, 0.25) is 0 Å². The number of hydrogen-bond donors (Lipinski definition) is 0. The summed E-state index contributed by atoms with van der Waals surface area (Å²) in [5, 5.41) is 0. The monoisotopic (exact) mass is 1040 g/mol. The summed E-state index contributed by atoms with van der Waals surface area (Å²) < 4.78 is 16.9. The number of rotatable bonds is 55. The van der Waals surface area contributed by atoms with E-state index >= 15 is 0 Å². The molecule has 0 saturated heterocycles. The van der Waals surface area contributed by atoms with Crippen molar-refractivity contribution in [3.63, 3.8) is 0 Å². The Bertz CT molecular complexity index is 1570. The van der Waals surface area contributed by atoms with E-state index in [-0.39, 0.29) is 31.1 Å². The molecular formula is C69H114O6. The molecular weight excluding hydrogens is 925 g/mol. The maximum absolute atomic E-state index is 12.9. The van der Waals surface area contributed by atoms with Crippen LogP contribution in [0.1, 0.15) is 278 Å². The van der Waals surface area contributed by atoms with Crippen LogP contribution in [0.3, 0.4) is 0 Å². The summed E-state index contributed by atoms with van der Waals surface area (Å²) in [6.07, 6.45) is 86.3. The number of carbonyl (C=O) groups excluding carboxylic acids is 3. The average molecular weight is 1040 g/mol. The van der Waals surface area contributed by atoms with Crippen molar-refractivity contribution >= 4 is 17.9 Å². The van der Waals surface area contributed by atoms with E-state index < -0.39 is 6.10 Å². The Kier molecular flexibility index (Phi) is 58.9. The van der Waals surface area contributed by atoms with E-state index in [4.69, 9.17) is 14.2 Å². The molecule has 1 atom stereocenters. The Hall–Kier alpha value is -4.19. The first-order valence-electron chi connectivity index (χ1n) is 31.0. The molecule has 0 radical (unpaired) electrons. The van der Waals surface area contributed by atoms with Gasteiger partial charge in [-0.25, -0.2) is 0 Å². The molecule has 6 nitrogen and oxygen atoms in total. The van der Waals surface area contributed by atoms with Gasteiger partial charge in [0.1, 0.15) is 13.2 Å². The highest BCUT2D eigenvalue weighted by Crippen LogP contribution is 2.16. The molecule has 0 aromatic rings. The minimum absolute atomic E-state index is 0.105. The molecule has 0 heterocycles. The van der Waals surface area contributed by atoms with Gasteiger partial charge < -0.3 is 14.2 Å². The fourth-order valence-corrected chi connectivity index (χ4v) is 8.38. The average Bonchev–Trinajstić information content (AvgIpc) is 3.41. The van der Waals surface area contributed by atoms with Crippen LogP contribution in [-0.2, 0) is 28.6 Å². The van der Waals surface area contributed by atoms with Crippen LogP contribution in [0, 0.1) is 0 Å². The third-order valence-electron chi connectivity index (χ3n) is 13.0. The van der Waals surface area contributed by atoms with E-state index in [1.165, 1.54) is 103 Å². The van der Waals surface area contributed by atoms with Gasteiger partial charge >= 0.3 is 17.9 Å². The van der Waals surface area contributed by atoms with E-state index in [1.807, 2.05) is 0 Å². The molecule has 0 amide bonds. The van der Waals surface area contributed by atoms with Crippen LogP contribution in [0.15, 0.2) is 122 Å². The van der Waals surface area contributed by atoms with E-state index in [0.717, 1.165) is 135 Å². The van der Waals surface area contributed by atoms with Crippen molar-refractivity contribution in [2.75, 3.05) is 13.2 Å². The van der Waals surface area contributed by atoms with Gasteiger partial charge in [-0.2, -0.15) is 0 Å². The first-order chi connectivity index (χ1) is 37.0. The topological polar surface area (TPSA) is 78.9 Å². The van der Waals surface area contributed by atoms with Gasteiger partial charge in [-0.1, -0.05) is 271 Å². The Balaban J connectivity index is 4.43. The third kappa shape index (κ3) is 60.6. The van der Waals surface area contributed by atoms with Crippen molar-refractivity contribution < 1.29 is 28.6 Å². The van der Waals surface area contributed by atoms with Crippen molar-refractivity contribution in [2.45, 2.75) is 284 Å². The summed E-state index contributed by atoms with van der Waals surface area (Å²) in [5.41, 5.74) is 0. The zero-order valence-electron chi connectivity index (χ0n) is 48.8. The predicted molar refractivity (Wildman–Crippen MR) is 325 cm³/mol. The summed E-state index contributed by atoms with van der Waals surface area (Å²) in [6, 6.07) is 0. The summed E-state index contributed by atoms with van der Waals surface area (Å²) in [4.78, 5) is 38.2. The molecule has 0 rings (SSSR count). The van der Waals surface area contributed by atoms with Crippen LogP contribution >= 0.6 is 0 Å².